The van der Waals surface area contributed by atoms with Crippen molar-refractivity contribution >= 4 is 23.1 Å². The first-order chi connectivity index (χ1) is 8.22. The second-order valence-corrected chi connectivity index (χ2v) is 6.69. The minimum absolute atomic E-state index is 0.190. The molecule has 1 saturated heterocycles. The second-order valence-electron chi connectivity index (χ2n) is 6.28. The lowest BCUT2D eigenvalue weighted by Gasteiger charge is -2.54. The number of likely N-dealkylation sites (tertiary alicyclic amines) is 1. The second kappa shape index (κ2) is 4.23. The first-order valence-electron chi connectivity index (χ1n) is 6.29. The summed E-state index contributed by atoms with van der Waals surface area (Å²) in [5.74, 6) is 1.35. The van der Waals surface area contributed by atoms with E-state index in [4.69, 9.17) is 12.2 Å². The van der Waals surface area contributed by atoms with Gasteiger partial charge in [0.15, 0.2) is 5.11 Å². The highest BCUT2D eigenvalue weighted by atomic mass is 32.1. The van der Waals surface area contributed by atoms with Crippen molar-refractivity contribution in [2.24, 2.45) is 0 Å². The van der Waals surface area contributed by atoms with E-state index in [9.17, 15) is 4.79 Å². The van der Waals surface area contributed by atoms with Gasteiger partial charge < -0.3 is 15.5 Å². The third-order valence-corrected chi connectivity index (χ3v) is 3.76. The third kappa shape index (κ3) is 2.36. The van der Waals surface area contributed by atoms with E-state index in [1.807, 2.05) is 0 Å². The Balaban J connectivity index is 2.36. The number of Topliss-reactive ketones (excluding diaryl/α,β-unsaturated/α-hetero) is 1. The molecule has 0 aliphatic carbocycles. The van der Waals surface area contributed by atoms with Gasteiger partial charge in [-0.3, -0.25) is 4.79 Å². The molecule has 4 nitrogen and oxygen atoms in total. The number of hydrogen-bond donors (Lipinski definition) is 2. The van der Waals surface area contributed by atoms with Gasteiger partial charge in [-0.15, -0.1) is 0 Å². The van der Waals surface area contributed by atoms with Gasteiger partial charge in [0.05, 0.1) is 0 Å². The molecule has 2 aliphatic heterocycles. The number of thiocarbonyl (C=S) groups is 1. The zero-order valence-electron chi connectivity index (χ0n) is 11.5. The number of carbonyl (C=O) groups is 1. The smallest absolute Gasteiger partial charge is 0.172 e. The monoisotopic (exact) mass is 267 g/mol. The minimum Gasteiger partial charge on any atom is -0.359 e. The van der Waals surface area contributed by atoms with E-state index >= 15 is 0 Å². The molecule has 2 N–H and O–H groups in total. The fraction of sp³-hybridized carbons (Fsp3) is 0.692. The van der Waals surface area contributed by atoms with Gasteiger partial charge in [0.2, 0.25) is 0 Å². The summed E-state index contributed by atoms with van der Waals surface area (Å²) in [6, 6.07) is 0. The molecule has 0 atom stereocenters. The van der Waals surface area contributed by atoms with Gasteiger partial charge in [0.25, 0.3) is 0 Å². The van der Waals surface area contributed by atoms with Crippen molar-refractivity contribution in [1.82, 2.24) is 15.5 Å². The number of ketones is 1. The molecule has 0 spiro atoms. The molecule has 0 aromatic carbocycles. The van der Waals surface area contributed by atoms with Crippen molar-refractivity contribution in [3.63, 3.8) is 0 Å². The molecule has 2 aliphatic rings. The van der Waals surface area contributed by atoms with E-state index in [1.165, 1.54) is 0 Å². The predicted molar refractivity (Wildman–Crippen MR) is 76.1 cm³/mol. The van der Waals surface area contributed by atoms with Crippen LogP contribution in [0, 0.1) is 0 Å². The molecule has 2 heterocycles. The van der Waals surface area contributed by atoms with Gasteiger partial charge in [-0.25, -0.2) is 0 Å². The Morgan fingerprint density at radius 2 is 1.78 bits per heavy atom. The summed E-state index contributed by atoms with van der Waals surface area (Å²) in [6.07, 6.45) is 3.25. The Morgan fingerprint density at radius 1 is 1.22 bits per heavy atom. The van der Waals surface area contributed by atoms with Crippen LogP contribution in [0.5, 0.6) is 0 Å². The van der Waals surface area contributed by atoms with Crippen molar-refractivity contribution in [3.8, 4) is 0 Å². The zero-order valence-corrected chi connectivity index (χ0v) is 12.3. The normalized spacial score (nSPS) is 26.2. The summed E-state index contributed by atoms with van der Waals surface area (Å²) >= 11 is 5.17. The number of rotatable bonds is 1. The Bertz CT molecular complexity index is 406. The minimum atomic E-state index is -0.190. The van der Waals surface area contributed by atoms with Crippen LogP contribution in [-0.2, 0) is 4.79 Å². The van der Waals surface area contributed by atoms with Gasteiger partial charge >= 0.3 is 0 Å². The van der Waals surface area contributed by atoms with Crippen molar-refractivity contribution in [2.75, 3.05) is 6.54 Å². The molecule has 100 valence electrons. The molecule has 0 saturated carbocycles. The lowest BCUT2D eigenvalue weighted by atomic mass is 9.79. The van der Waals surface area contributed by atoms with Gasteiger partial charge in [0.1, 0.15) is 11.6 Å². The molecule has 0 bridgehead atoms. The summed E-state index contributed by atoms with van der Waals surface area (Å²) in [6.45, 7) is 9.18. The summed E-state index contributed by atoms with van der Waals surface area (Å²) in [4.78, 5) is 14.2. The average molecular weight is 267 g/mol. The number of carbonyl (C=O) groups excluding carboxylic acids is 1. The summed E-state index contributed by atoms with van der Waals surface area (Å²) < 4.78 is 0. The lowest BCUT2D eigenvalue weighted by Crippen LogP contribution is -2.63. The average Bonchev–Trinajstić information content (AvgIpc) is 2.11. The highest BCUT2D eigenvalue weighted by molar-refractivity contribution is 7.80. The van der Waals surface area contributed by atoms with Crippen LogP contribution in [-0.4, -0.2) is 33.4 Å². The number of hydrogen-bond acceptors (Lipinski definition) is 3. The number of piperidine rings is 1. The van der Waals surface area contributed by atoms with Gasteiger partial charge in [-0.2, -0.15) is 0 Å². The van der Waals surface area contributed by atoms with E-state index in [0.29, 0.717) is 23.7 Å². The lowest BCUT2D eigenvalue weighted by molar-refractivity contribution is -0.131. The van der Waals surface area contributed by atoms with Crippen LogP contribution in [0.2, 0.25) is 0 Å². The van der Waals surface area contributed by atoms with Crippen LogP contribution in [0.4, 0.5) is 0 Å². The maximum absolute atomic E-state index is 11.9. The molecule has 5 heteroatoms. The number of nitrogens with zero attached hydrogens (tertiary/aromatic N) is 1. The standard InChI is InChI=1S/C13H21N3OS/c1-12(2)7-9(17)8-13(3,4)16(12)10-5-6-14-11(18)15-10/h5H,6-8H2,1-4H3,(H2,14,15,18). The fourth-order valence-electron chi connectivity index (χ4n) is 3.26. The van der Waals surface area contributed by atoms with Crippen LogP contribution >= 0.6 is 12.2 Å². The van der Waals surface area contributed by atoms with E-state index in [0.717, 1.165) is 12.4 Å². The SMILES string of the molecule is CC1(C)CC(=O)CC(C)(C)N1C1=CCNC(=S)N1. The van der Waals surface area contributed by atoms with Crippen LogP contribution in [0.1, 0.15) is 40.5 Å². The highest BCUT2D eigenvalue weighted by Crippen LogP contribution is 2.39. The van der Waals surface area contributed by atoms with Crippen molar-refractivity contribution in [3.05, 3.63) is 11.9 Å². The molecule has 0 aromatic heterocycles. The fourth-order valence-corrected chi connectivity index (χ4v) is 3.44. The quantitative estimate of drug-likeness (QED) is 0.705. The summed E-state index contributed by atoms with van der Waals surface area (Å²) in [5, 5.41) is 6.92. The first-order valence-corrected chi connectivity index (χ1v) is 6.70. The van der Waals surface area contributed by atoms with Gasteiger partial charge in [-0.05, 0) is 46.0 Å². The number of nitrogens with one attached hydrogen (secondary N) is 2. The molecule has 0 amide bonds. The molecule has 0 unspecified atom stereocenters. The Hall–Kier alpha value is -1.10. The first kappa shape index (κ1) is 13.3. The van der Waals surface area contributed by atoms with Crippen LogP contribution in [0.25, 0.3) is 0 Å². The van der Waals surface area contributed by atoms with Crippen LogP contribution in [0.15, 0.2) is 11.9 Å². The summed E-state index contributed by atoms with van der Waals surface area (Å²) in [7, 11) is 0. The van der Waals surface area contributed by atoms with Crippen LogP contribution in [0.3, 0.4) is 0 Å². The van der Waals surface area contributed by atoms with E-state index < -0.39 is 0 Å². The van der Waals surface area contributed by atoms with Gasteiger partial charge in [-0.1, -0.05) is 0 Å². The largest absolute Gasteiger partial charge is 0.359 e. The van der Waals surface area contributed by atoms with Gasteiger partial charge in [0, 0.05) is 30.5 Å². The third-order valence-electron chi connectivity index (χ3n) is 3.51. The van der Waals surface area contributed by atoms with Crippen LogP contribution < -0.4 is 10.6 Å². The maximum Gasteiger partial charge on any atom is 0.172 e. The molecule has 1 fully saturated rings. The Morgan fingerprint density at radius 3 is 2.28 bits per heavy atom. The summed E-state index contributed by atoms with van der Waals surface area (Å²) in [5.41, 5.74) is -0.380. The van der Waals surface area contributed by atoms with E-state index in [1.54, 1.807) is 0 Å². The predicted octanol–water partition coefficient (Wildman–Crippen LogP) is 1.53. The molecular formula is C13H21N3OS. The Labute approximate surface area is 114 Å². The van der Waals surface area contributed by atoms with E-state index in [-0.39, 0.29) is 11.1 Å². The Kier molecular flexibility index (Phi) is 3.13. The van der Waals surface area contributed by atoms with E-state index in [2.05, 4.69) is 49.3 Å². The maximum atomic E-state index is 11.9. The van der Waals surface area contributed by atoms with Crippen molar-refractivity contribution in [2.45, 2.75) is 51.6 Å². The zero-order chi connectivity index (χ0) is 13.6. The molecular weight excluding hydrogens is 246 g/mol. The topological polar surface area (TPSA) is 44.4 Å². The molecule has 0 aromatic rings. The van der Waals surface area contributed by atoms with Crippen molar-refractivity contribution < 1.29 is 4.79 Å². The molecule has 18 heavy (non-hydrogen) atoms. The molecule has 2 rings (SSSR count). The highest BCUT2D eigenvalue weighted by Gasteiger charge is 2.46. The van der Waals surface area contributed by atoms with Crippen molar-refractivity contribution in [1.29, 1.82) is 0 Å². The molecule has 0 radical (unpaired) electrons.